The molecule has 0 saturated carbocycles. The third-order valence-electron chi connectivity index (χ3n) is 0.950. The first kappa shape index (κ1) is 6.96. The second-order valence-electron chi connectivity index (χ2n) is 1.93. The van der Waals surface area contributed by atoms with Crippen LogP contribution in [0.15, 0.2) is 0 Å². The fraction of sp³-hybridized carbons (Fsp3) is 0.833. The number of hydrogen-bond acceptors (Lipinski definition) is 1. The molecule has 0 aliphatic heterocycles. The van der Waals surface area contributed by atoms with Crippen LogP contribution in [-0.4, -0.2) is 11.7 Å². The topological polar surface area (TPSA) is 20.2 Å². The summed E-state index contributed by atoms with van der Waals surface area (Å²) in [5, 5.41) is 8.45. The predicted octanol–water partition coefficient (Wildman–Crippen LogP) is 1.23. The average Bonchev–Trinajstić information content (AvgIpc) is 1.68. The van der Waals surface area contributed by atoms with Gasteiger partial charge in [0, 0.05) is 6.61 Å². The van der Waals surface area contributed by atoms with Gasteiger partial charge in [0.2, 0.25) is 0 Å². The van der Waals surface area contributed by atoms with Crippen LogP contribution in [0.1, 0.15) is 20.3 Å². The second kappa shape index (κ2) is 4.13. The van der Waals surface area contributed by atoms with Crippen molar-refractivity contribution in [3.05, 3.63) is 6.42 Å². The van der Waals surface area contributed by atoms with Crippen molar-refractivity contribution in [3.63, 3.8) is 0 Å². The van der Waals surface area contributed by atoms with Crippen LogP contribution in [0.2, 0.25) is 0 Å². The number of rotatable bonds is 3. The molecule has 0 aromatic heterocycles. The smallest absolute Gasteiger partial charge is 0.0456 e. The van der Waals surface area contributed by atoms with Crippen LogP contribution < -0.4 is 0 Å². The SMILES string of the molecule is C[CH]C[C@H](C)CO. The molecular weight excluding hydrogens is 88.1 g/mol. The fourth-order valence-electron chi connectivity index (χ4n) is 0.477. The molecule has 1 N–H and O–H groups in total. The average molecular weight is 101 g/mol. The summed E-state index contributed by atoms with van der Waals surface area (Å²) < 4.78 is 0. The van der Waals surface area contributed by atoms with Crippen LogP contribution in [0.3, 0.4) is 0 Å². The summed E-state index contributed by atoms with van der Waals surface area (Å²) in [4.78, 5) is 0. The van der Waals surface area contributed by atoms with Gasteiger partial charge >= 0.3 is 0 Å². The molecule has 0 aliphatic rings. The van der Waals surface area contributed by atoms with Crippen molar-refractivity contribution in [3.8, 4) is 0 Å². The molecule has 0 saturated heterocycles. The van der Waals surface area contributed by atoms with Gasteiger partial charge in [0.25, 0.3) is 0 Å². The van der Waals surface area contributed by atoms with Gasteiger partial charge in [-0.05, 0) is 18.8 Å². The third kappa shape index (κ3) is 3.80. The largest absolute Gasteiger partial charge is 0.396 e. The predicted molar refractivity (Wildman–Crippen MR) is 30.8 cm³/mol. The van der Waals surface area contributed by atoms with E-state index >= 15 is 0 Å². The van der Waals surface area contributed by atoms with E-state index < -0.39 is 0 Å². The summed E-state index contributed by atoms with van der Waals surface area (Å²) >= 11 is 0. The maximum Gasteiger partial charge on any atom is 0.0456 e. The van der Waals surface area contributed by atoms with Crippen molar-refractivity contribution in [2.24, 2.45) is 5.92 Å². The molecule has 1 nitrogen and oxygen atoms in total. The summed E-state index contributed by atoms with van der Waals surface area (Å²) in [7, 11) is 0. The quantitative estimate of drug-likeness (QED) is 0.567. The third-order valence-corrected chi connectivity index (χ3v) is 0.950. The Morgan fingerprint density at radius 3 is 2.43 bits per heavy atom. The van der Waals surface area contributed by atoms with Gasteiger partial charge in [-0.1, -0.05) is 13.8 Å². The molecule has 7 heavy (non-hydrogen) atoms. The highest BCUT2D eigenvalue weighted by Crippen LogP contribution is 2.00. The zero-order valence-corrected chi connectivity index (χ0v) is 5.02. The molecule has 0 bridgehead atoms. The van der Waals surface area contributed by atoms with Crippen molar-refractivity contribution < 1.29 is 5.11 Å². The molecule has 43 valence electrons. The van der Waals surface area contributed by atoms with Crippen molar-refractivity contribution >= 4 is 0 Å². The molecule has 0 aromatic rings. The van der Waals surface area contributed by atoms with E-state index in [4.69, 9.17) is 5.11 Å². The van der Waals surface area contributed by atoms with Crippen LogP contribution in [0.5, 0.6) is 0 Å². The Balaban J connectivity index is 2.83. The van der Waals surface area contributed by atoms with Crippen LogP contribution >= 0.6 is 0 Å². The molecule has 0 fully saturated rings. The Kier molecular flexibility index (Phi) is 4.10. The maximum atomic E-state index is 8.45. The first-order chi connectivity index (χ1) is 3.31. The van der Waals surface area contributed by atoms with Gasteiger partial charge in [-0.25, -0.2) is 0 Å². The Labute approximate surface area is 45.4 Å². The maximum absolute atomic E-state index is 8.45. The summed E-state index contributed by atoms with van der Waals surface area (Å²) in [5.74, 6) is 0.449. The lowest BCUT2D eigenvalue weighted by Crippen LogP contribution is -1.98. The molecule has 0 unspecified atom stereocenters. The normalized spacial score (nSPS) is 14.1. The Morgan fingerprint density at radius 1 is 1.71 bits per heavy atom. The highest BCUT2D eigenvalue weighted by Gasteiger charge is 1.94. The molecule has 1 heteroatoms. The van der Waals surface area contributed by atoms with E-state index in [-0.39, 0.29) is 0 Å². The van der Waals surface area contributed by atoms with Gasteiger partial charge in [0.05, 0.1) is 0 Å². The minimum atomic E-state index is 0.310. The lowest BCUT2D eigenvalue weighted by Gasteiger charge is -2.01. The zero-order valence-electron chi connectivity index (χ0n) is 5.02. The molecule has 1 atom stereocenters. The van der Waals surface area contributed by atoms with Crippen LogP contribution in [0, 0.1) is 12.3 Å². The van der Waals surface area contributed by atoms with Gasteiger partial charge in [0.15, 0.2) is 0 Å². The van der Waals surface area contributed by atoms with E-state index in [1.54, 1.807) is 0 Å². The van der Waals surface area contributed by atoms with Gasteiger partial charge in [0.1, 0.15) is 0 Å². The van der Waals surface area contributed by atoms with Crippen LogP contribution in [-0.2, 0) is 0 Å². The van der Waals surface area contributed by atoms with Gasteiger partial charge < -0.3 is 5.11 Å². The molecule has 0 amide bonds. The number of hydrogen-bond donors (Lipinski definition) is 1. The zero-order chi connectivity index (χ0) is 5.70. The number of aliphatic hydroxyl groups excluding tert-OH is 1. The lowest BCUT2D eigenvalue weighted by molar-refractivity contribution is 0.236. The van der Waals surface area contributed by atoms with E-state index in [1.807, 2.05) is 13.8 Å². The van der Waals surface area contributed by atoms with E-state index in [0.29, 0.717) is 12.5 Å². The van der Waals surface area contributed by atoms with Crippen molar-refractivity contribution in [1.82, 2.24) is 0 Å². The summed E-state index contributed by atoms with van der Waals surface area (Å²) in [5.41, 5.74) is 0. The van der Waals surface area contributed by atoms with Crippen molar-refractivity contribution in [1.29, 1.82) is 0 Å². The fourth-order valence-corrected chi connectivity index (χ4v) is 0.477. The number of aliphatic hydroxyl groups is 1. The summed E-state index contributed by atoms with van der Waals surface area (Å²) in [6.45, 7) is 4.34. The second-order valence-corrected chi connectivity index (χ2v) is 1.93. The molecular formula is C6H13O. The lowest BCUT2D eigenvalue weighted by atomic mass is 10.1. The monoisotopic (exact) mass is 101 g/mol. The van der Waals surface area contributed by atoms with E-state index in [2.05, 4.69) is 6.42 Å². The van der Waals surface area contributed by atoms with Crippen LogP contribution in [0.25, 0.3) is 0 Å². The van der Waals surface area contributed by atoms with E-state index in [9.17, 15) is 0 Å². The van der Waals surface area contributed by atoms with Gasteiger partial charge in [-0.3, -0.25) is 0 Å². The molecule has 0 aromatic carbocycles. The summed E-state index contributed by atoms with van der Waals surface area (Å²) in [6, 6.07) is 0. The minimum absolute atomic E-state index is 0.310. The molecule has 0 spiro atoms. The Hall–Kier alpha value is -0.0400. The standard InChI is InChI=1S/C6H13O/c1-3-4-6(2)5-7/h3,6-7H,4-5H2,1-2H3/t6-/m0/s1. The van der Waals surface area contributed by atoms with Gasteiger partial charge in [-0.15, -0.1) is 0 Å². The minimum Gasteiger partial charge on any atom is -0.396 e. The molecule has 0 heterocycles. The van der Waals surface area contributed by atoms with Crippen LogP contribution in [0.4, 0.5) is 0 Å². The van der Waals surface area contributed by atoms with Crippen molar-refractivity contribution in [2.45, 2.75) is 20.3 Å². The Bertz CT molecular complexity index is 35.2. The molecule has 0 rings (SSSR count). The highest BCUT2D eigenvalue weighted by molar-refractivity contribution is 4.60. The molecule has 1 radical (unpaired) electrons. The van der Waals surface area contributed by atoms with Crippen molar-refractivity contribution in [2.75, 3.05) is 6.61 Å². The molecule has 0 aliphatic carbocycles. The summed E-state index contributed by atoms with van der Waals surface area (Å²) in [6.07, 6.45) is 3.09. The first-order valence-corrected chi connectivity index (χ1v) is 2.70. The van der Waals surface area contributed by atoms with E-state index in [0.717, 1.165) is 6.42 Å². The van der Waals surface area contributed by atoms with E-state index in [1.165, 1.54) is 0 Å². The first-order valence-electron chi connectivity index (χ1n) is 2.70. The highest BCUT2D eigenvalue weighted by atomic mass is 16.3. The van der Waals surface area contributed by atoms with Gasteiger partial charge in [-0.2, -0.15) is 0 Å². The Morgan fingerprint density at radius 2 is 2.29 bits per heavy atom.